The van der Waals surface area contributed by atoms with E-state index in [0.29, 0.717) is 12.5 Å². The smallest absolute Gasteiger partial charge is 0.161 e. The Balaban J connectivity index is 1.73. The van der Waals surface area contributed by atoms with Crippen molar-refractivity contribution in [2.75, 3.05) is 18.6 Å². The van der Waals surface area contributed by atoms with Gasteiger partial charge in [0.05, 0.1) is 12.7 Å². The number of aliphatic hydroxyl groups is 1. The maximum absolute atomic E-state index is 10.0. The Labute approximate surface area is 124 Å². The first-order chi connectivity index (χ1) is 9.68. The Morgan fingerprint density at radius 2 is 2.00 bits per heavy atom. The number of rotatable bonds is 5. The van der Waals surface area contributed by atoms with Crippen LogP contribution in [0.3, 0.4) is 0 Å². The molecular weight excluding hydrogens is 272 g/mol. The van der Waals surface area contributed by atoms with Gasteiger partial charge in [-0.25, -0.2) is 0 Å². The highest BCUT2D eigenvalue weighted by Crippen LogP contribution is 2.40. The Bertz CT molecular complexity index is 465. The lowest BCUT2D eigenvalue weighted by Gasteiger charge is -2.24. The van der Waals surface area contributed by atoms with Crippen LogP contribution in [-0.2, 0) is 6.42 Å². The zero-order chi connectivity index (χ0) is 14.0. The number of methoxy groups -OCH3 is 1. The Kier molecular flexibility index (Phi) is 4.13. The summed E-state index contributed by atoms with van der Waals surface area (Å²) in [7, 11) is 1.67. The van der Waals surface area contributed by atoms with Crippen molar-refractivity contribution < 1.29 is 14.6 Å². The van der Waals surface area contributed by atoms with Crippen molar-refractivity contribution in [2.45, 2.75) is 43.8 Å². The Morgan fingerprint density at radius 1 is 1.25 bits per heavy atom. The van der Waals surface area contributed by atoms with Gasteiger partial charge in [-0.1, -0.05) is 6.07 Å². The van der Waals surface area contributed by atoms with Crippen molar-refractivity contribution in [3.63, 3.8) is 0 Å². The van der Waals surface area contributed by atoms with Gasteiger partial charge in [-0.05, 0) is 54.9 Å². The maximum Gasteiger partial charge on any atom is 0.161 e. The van der Waals surface area contributed by atoms with Crippen LogP contribution in [0.2, 0.25) is 0 Å². The summed E-state index contributed by atoms with van der Waals surface area (Å²) in [6, 6.07) is 6.02. The average Bonchev–Trinajstić information content (AvgIpc) is 3.18. The Morgan fingerprint density at radius 3 is 2.65 bits per heavy atom. The van der Waals surface area contributed by atoms with E-state index in [0.717, 1.165) is 42.7 Å². The van der Waals surface area contributed by atoms with Crippen LogP contribution in [0, 0.1) is 0 Å². The molecule has 0 bridgehead atoms. The summed E-state index contributed by atoms with van der Waals surface area (Å²) in [4.78, 5) is 0. The van der Waals surface area contributed by atoms with E-state index < -0.39 is 5.60 Å². The second-order valence-corrected chi connectivity index (χ2v) is 7.04. The molecule has 3 nitrogen and oxygen atoms in total. The first-order valence-corrected chi connectivity index (χ1v) is 8.48. The second kappa shape index (κ2) is 5.86. The van der Waals surface area contributed by atoms with E-state index in [-0.39, 0.29) is 0 Å². The van der Waals surface area contributed by atoms with E-state index in [9.17, 15) is 5.11 Å². The van der Waals surface area contributed by atoms with E-state index in [1.807, 2.05) is 30.0 Å². The van der Waals surface area contributed by atoms with Crippen LogP contribution >= 0.6 is 11.8 Å². The molecule has 0 radical (unpaired) electrons. The molecular formula is C16H22O3S. The molecule has 0 spiro atoms. The zero-order valence-electron chi connectivity index (χ0n) is 11.9. The van der Waals surface area contributed by atoms with E-state index in [4.69, 9.17) is 9.47 Å². The van der Waals surface area contributed by atoms with Gasteiger partial charge in [0.1, 0.15) is 6.10 Å². The monoisotopic (exact) mass is 294 g/mol. The number of thioether (sulfide) groups is 1. The van der Waals surface area contributed by atoms with E-state index in [2.05, 4.69) is 0 Å². The number of hydrogen-bond donors (Lipinski definition) is 1. The molecule has 0 atom stereocenters. The summed E-state index contributed by atoms with van der Waals surface area (Å²) in [6.07, 6.45) is 5.03. The van der Waals surface area contributed by atoms with Gasteiger partial charge in [0.25, 0.3) is 0 Å². The van der Waals surface area contributed by atoms with Crippen molar-refractivity contribution >= 4 is 11.8 Å². The minimum atomic E-state index is -0.465. The number of hydrogen-bond acceptors (Lipinski definition) is 4. The summed E-state index contributed by atoms with van der Waals surface area (Å²) in [5.41, 5.74) is 0.666. The SMILES string of the molecule is COc1ccc(CC2(O)CC2)cc1OC1CCSCC1. The van der Waals surface area contributed by atoms with Crippen LogP contribution in [-0.4, -0.2) is 35.4 Å². The second-order valence-electron chi connectivity index (χ2n) is 5.82. The van der Waals surface area contributed by atoms with Gasteiger partial charge in [0, 0.05) is 6.42 Å². The predicted octanol–water partition coefficient (Wildman–Crippen LogP) is 3.04. The molecule has 3 rings (SSSR count). The third-order valence-corrected chi connectivity index (χ3v) is 5.10. The fraction of sp³-hybridized carbons (Fsp3) is 0.625. The van der Waals surface area contributed by atoms with Crippen molar-refractivity contribution in [2.24, 2.45) is 0 Å². The van der Waals surface area contributed by atoms with Gasteiger partial charge in [0.2, 0.25) is 0 Å². The molecule has 2 fully saturated rings. The van der Waals surface area contributed by atoms with Gasteiger partial charge in [-0.15, -0.1) is 0 Å². The average molecular weight is 294 g/mol. The summed E-state index contributed by atoms with van der Waals surface area (Å²) in [6.45, 7) is 0. The van der Waals surface area contributed by atoms with Crippen molar-refractivity contribution in [1.29, 1.82) is 0 Å². The quantitative estimate of drug-likeness (QED) is 0.906. The number of ether oxygens (including phenoxy) is 2. The van der Waals surface area contributed by atoms with Gasteiger partial charge >= 0.3 is 0 Å². The third kappa shape index (κ3) is 3.41. The van der Waals surface area contributed by atoms with Gasteiger partial charge in [-0.3, -0.25) is 0 Å². The molecule has 1 N–H and O–H groups in total. The minimum absolute atomic E-state index is 0.296. The van der Waals surface area contributed by atoms with Crippen LogP contribution in [0.5, 0.6) is 11.5 Å². The fourth-order valence-electron chi connectivity index (χ4n) is 2.60. The molecule has 1 heterocycles. The van der Waals surface area contributed by atoms with Crippen molar-refractivity contribution in [3.05, 3.63) is 23.8 Å². The largest absolute Gasteiger partial charge is 0.493 e. The zero-order valence-corrected chi connectivity index (χ0v) is 12.7. The first kappa shape index (κ1) is 14.1. The lowest BCUT2D eigenvalue weighted by Crippen LogP contribution is -2.22. The lowest BCUT2D eigenvalue weighted by molar-refractivity contribution is 0.150. The third-order valence-electron chi connectivity index (χ3n) is 4.05. The summed E-state index contributed by atoms with van der Waals surface area (Å²) >= 11 is 1.99. The van der Waals surface area contributed by atoms with Crippen LogP contribution in [0.4, 0.5) is 0 Å². The molecule has 0 unspecified atom stereocenters. The highest BCUT2D eigenvalue weighted by atomic mass is 32.2. The van der Waals surface area contributed by atoms with Gasteiger partial charge in [-0.2, -0.15) is 11.8 Å². The topological polar surface area (TPSA) is 38.7 Å². The highest BCUT2D eigenvalue weighted by Gasteiger charge is 2.40. The predicted molar refractivity (Wildman–Crippen MR) is 81.9 cm³/mol. The molecule has 1 aliphatic carbocycles. The normalized spacial score (nSPS) is 21.5. The molecule has 2 aliphatic rings. The van der Waals surface area contributed by atoms with Crippen LogP contribution < -0.4 is 9.47 Å². The van der Waals surface area contributed by atoms with Crippen LogP contribution in [0.15, 0.2) is 18.2 Å². The maximum atomic E-state index is 10.0. The van der Waals surface area contributed by atoms with E-state index in [1.165, 1.54) is 11.5 Å². The summed E-state index contributed by atoms with van der Waals surface area (Å²) < 4.78 is 11.5. The number of benzene rings is 1. The molecule has 1 aromatic rings. The van der Waals surface area contributed by atoms with E-state index in [1.54, 1.807) is 7.11 Å². The molecule has 20 heavy (non-hydrogen) atoms. The molecule has 1 aliphatic heterocycles. The Hall–Kier alpha value is -0.870. The summed E-state index contributed by atoms with van der Waals surface area (Å²) in [5, 5.41) is 10.0. The molecule has 110 valence electrons. The van der Waals surface area contributed by atoms with Gasteiger partial charge < -0.3 is 14.6 Å². The van der Waals surface area contributed by atoms with E-state index >= 15 is 0 Å². The summed E-state index contributed by atoms with van der Waals surface area (Å²) in [5.74, 6) is 3.96. The fourth-order valence-corrected chi connectivity index (χ4v) is 3.66. The lowest BCUT2D eigenvalue weighted by atomic mass is 10.1. The molecule has 1 saturated heterocycles. The van der Waals surface area contributed by atoms with Gasteiger partial charge in [0.15, 0.2) is 11.5 Å². The molecule has 1 saturated carbocycles. The highest BCUT2D eigenvalue weighted by molar-refractivity contribution is 7.99. The minimum Gasteiger partial charge on any atom is -0.493 e. The molecule has 4 heteroatoms. The van der Waals surface area contributed by atoms with Crippen molar-refractivity contribution in [1.82, 2.24) is 0 Å². The van der Waals surface area contributed by atoms with Crippen LogP contribution in [0.25, 0.3) is 0 Å². The standard InChI is InChI=1S/C16H22O3S/c1-18-14-3-2-12(11-16(17)6-7-16)10-15(14)19-13-4-8-20-9-5-13/h2-3,10,13,17H,4-9,11H2,1H3. The van der Waals surface area contributed by atoms with Crippen LogP contribution in [0.1, 0.15) is 31.2 Å². The molecule has 0 aromatic heterocycles. The van der Waals surface area contributed by atoms with Crippen molar-refractivity contribution in [3.8, 4) is 11.5 Å². The molecule has 0 amide bonds. The first-order valence-electron chi connectivity index (χ1n) is 7.32. The molecule has 1 aromatic carbocycles.